The van der Waals surface area contributed by atoms with E-state index in [1.54, 1.807) is 49.3 Å². The Balaban J connectivity index is 1.62. The van der Waals surface area contributed by atoms with Gasteiger partial charge in [0.15, 0.2) is 5.69 Å². The van der Waals surface area contributed by atoms with Gasteiger partial charge in [0, 0.05) is 24.3 Å². The number of hydrogen-bond donors (Lipinski definition) is 1. The van der Waals surface area contributed by atoms with Crippen molar-refractivity contribution in [3.63, 3.8) is 0 Å². The molecule has 7 nitrogen and oxygen atoms in total. The molecule has 0 aliphatic carbocycles. The topological polar surface area (TPSA) is 92.2 Å². The molecule has 10 heteroatoms. The third kappa shape index (κ3) is 3.56. The van der Waals surface area contributed by atoms with Gasteiger partial charge < -0.3 is 9.73 Å². The fourth-order valence-electron chi connectivity index (χ4n) is 3.46. The van der Waals surface area contributed by atoms with Crippen LogP contribution < -0.4 is 5.32 Å². The Morgan fingerprint density at radius 1 is 1.03 bits per heavy atom. The summed E-state index contributed by atoms with van der Waals surface area (Å²) in [5.41, 5.74) is -1.00. The van der Waals surface area contributed by atoms with E-state index in [2.05, 4.69) is 30.7 Å². The third-order valence-electron chi connectivity index (χ3n) is 5.33. The summed E-state index contributed by atoms with van der Waals surface area (Å²) in [5, 5.41) is 5.61. The van der Waals surface area contributed by atoms with Gasteiger partial charge in [-0.1, -0.05) is 6.58 Å². The number of amides is 1. The standard InChI is InChI=1S/C20H25N5O2S3/c1-7-12-23-19(4,9-28-12)16-25-20(5,10-30-16)17-24-18(3,8-29-17)15-22-13(11(2)27-15)14(26)21-6/h7H,1,8-10H2,2-6H3,(H,21,26)/t18-,19-,20-/m0/s1. The first-order valence-electron chi connectivity index (χ1n) is 9.64. The lowest BCUT2D eigenvalue weighted by Crippen LogP contribution is -2.33. The number of hydrogen-bond acceptors (Lipinski definition) is 9. The number of oxazole rings is 1. The molecule has 1 N–H and O–H groups in total. The highest BCUT2D eigenvalue weighted by Gasteiger charge is 2.48. The second kappa shape index (κ2) is 7.56. The summed E-state index contributed by atoms with van der Waals surface area (Å²) in [5.74, 6) is 3.13. The zero-order chi connectivity index (χ0) is 21.7. The lowest BCUT2D eigenvalue weighted by molar-refractivity contribution is 0.0957. The number of aromatic nitrogens is 1. The number of aliphatic imine (C=N–C) groups is 3. The number of carbonyl (C=O) groups is 1. The maximum atomic E-state index is 12.0. The molecule has 4 rings (SSSR count). The Morgan fingerprint density at radius 3 is 2.20 bits per heavy atom. The van der Waals surface area contributed by atoms with Crippen LogP contribution in [-0.4, -0.2) is 61.4 Å². The predicted octanol–water partition coefficient (Wildman–Crippen LogP) is 3.70. The van der Waals surface area contributed by atoms with Crippen LogP contribution in [0.4, 0.5) is 0 Å². The molecule has 1 amide bonds. The van der Waals surface area contributed by atoms with Crippen molar-refractivity contribution in [3.8, 4) is 0 Å². The Hall–Kier alpha value is -1.52. The Labute approximate surface area is 189 Å². The van der Waals surface area contributed by atoms with Gasteiger partial charge in [-0.3, -0.25) is 19.8 Å². The summed E-state index contributed by atoms with van der Waals surface area (Å²) >= 11 is 5.18. The first-order valence-corrected chi connectivity index (χ1v) is 12.6. The monoisotopic (exact) mass is 463 g/mol. The molecule has 1 aromatic heterocycles. The van der Waals surface area contributed by atoms with Gasteiger partial charge in [0.25, 0.3) is 5.91 Å². The van der Waals surface area contributed by atoms with E-state index >= 15 is 0 Å². The summed E-state index contributed by atoms with van der Waals surface area (Å²) in [6, 6.07) is 0. The SMILES string of the molecule is C=CC1=N[C@](C)(C2=N[C@](C)(C3=N[C@](C)(c4nc(C(=O)NC)c(C)o4)CS3)CS2)CS1. The molecule has 1 aromatic rings. The molecule has 0 saturated carbocycles. The van der Waals surface area contributed by atoms with E-state index in [9.17, 15) is 4.79 Å². The molecule has 3 atom stereocenters. The van der Waals surface area contributed by atoms with Crippen molar-refractivity contribution in [1.29, 1.82) is 0 Å². The molecule has 160 valence electrons. The van der Waals surface area contributed by atoms with E-state index < -0.39 is 11.1 Å². The van der Waals surface area contributed by atoms with Crippen molar-refractivity contribution in [2.45, 2.75) is 44.3 Å². The van der Waals surface area contributed by atoms with Gasteiger partial charge in [0.05, 0.1) is 15.1 Å². The van der Waals surface area contributed by atoms with E-state index in [4.69, 9.17) is 19.4 Å². The molecule has 0 bridgehead atoms. The number of nitrogens with one attached hydrogen (secondary N) is 1. The molecule has 4 heterocycles. The predicted molar refractivity (Wildman–Crippen MR) is 129 cm³/mol. The maximum Gasteiger partial charge on any atom is 0.273 e. The average molecular weight is 464 g/mol. The van der Waals surface area contributed by atoms with Crippen LogP contribution in [0.3, 0.4) is 0 Å². The zero-order valence-electron chi connectivity index (χ0n) is 17.7. The Bertz CT molecular complexity index is 1020. The van der Waals surface area contributed by atoms with Crippen LogP contribution in [0.15, 0.2) is 32.0 Å². The molecule has 0 fully saturated rings. The van der Waals surface area contributed by atoms with E-state index in [1.807, 2.05) is 13.0 Å². The minimum Gasteiger partial charge on any atom is -0.442 e. The second-order valence-corrected chi connectivity index (χ2v) is 11.1. The molecule has 0 aromatic carbocycles. The van der Waals surface area contributed by atoms with Crippen molar-refractivity contribution >= 4 is 56.3 Å². The summed E-state index contributed by atoms with van der Waals surface area (Å²) in [7, 11) is 1.58. The number of carbonyl (C=O) groups excluding carboxylic acids is 1. The quantitative estimate of drug-likeness (QED) is 0.716. The highest BCUT2D eigenvalue weighted by atomic mass is 32.2. The molecule has 0 unspecified atom stereocenters. The molecule has 3 aliphatic heterocycles. The maximum absolute atomic E-state index is 12.0. The summed E-state index contributed by atoms with van der Waals surface area (Å²) in [6.07, 6.45) is 1.81. The van der Waals surface area contributed by atoms with Gasteiger partial charge in [-0.2, -0.15) is 0 Å². The fourth-order valence-corrected chi connectivity index (χ4v) is 7.27. The first-order chi connectivity index (χ1) is 14.1. The number of nitrogens with zero attached hydrogens (tertiary/aromatic N) is 4. The molecule has 30 heavy (non-hydrogen) atoms. The van der Waals surface area contributed by atoms with Crippen LogP contribution in [0, 0.1) is 6.92 Å². The largest absolute Gasteiger partial charge is 0.442 e. The number of aryl methyl sites for hydroxylation is 1. The van der Waals surface area contributed by atoms with Crippen molar-refractivity contribution < 1.29 is 9.21 Å². The molecule has 0 saturated heterocycles. The average Bonchev–Trinajstić information content (AvgIpc) is 3.48. The molecule has 0 spiro atoms. The fraction of sp³-hybridized carbons (Fsp3) is 0.550. The second-order valence-electron chi connectivity index (χ2n) is 8.18. The van der Waals surface area contributed by atoms with Crippen LogP contribution in [0.2, 0.25) is 0 Å². The van der Waals surface area contributed by atoms with Crippen molar-refractivity contribution in [2.24, 2.45) is 15.0 Å². The van der Waals surface area contributed by atoms with Crippen molar-refractivity contribution in [3.05, 3.63) is 30.0 Å². The molecule has 3 aliphatic rings. The Morgan fingerprint density at radius 2 is 1.60 bits per heavy atom. The van der Waals surface area contributed by atoms with Gasteiger partial charge in [-0.05, 0) is 33.8 Å². The minimum absolute atomic E-state index is 0.253. The van der Waals surface area contributed by atoms with Gasteiger partial charge in [0.2, 0.25) is 5.89 Å². The number of rotatable bonds is 5. The van der Waals surface area contributed by atoms with E-state index in [1.165, 1.54) is 0 Å². The molecular weight excluding hydrogens is 438 g/mol. The third-order valence-corrected chi connectivity index (χ3v) is 9.61. The Kier molecular flexibility index (Phi) is 5.47. The molecular formula is C20H25N5O2S3. The van der Waals surface area contributed by atoms with Gasteiger partial charge in [-0.25, -0.2) is 4.98 Å². The van der Waals surface area contributed by atoms with Crippen molar-refractivity contribution in [2.75, 3.05) is 24.3 Å². The van der Waals surface area contributed by atoms with E-state index in [0.717, 1.165) is 26.6 Å². The van der Waals surface area contributed by atoms with Gasteiger partial charge in [-0.15, -0.1) is 35.3 Å². The van der Waals surface area contributed by atoms with E-state index in [-0.39, 0.29) is 11.4 Å². The smallest absolute Gasteiger partial charge is 0.273 e. The highest BCUT2D eigenvalue weighted by Crippen LogP contribution is 2.45. The van der Waals surface area contributed by atoms with Crippen molar-refractivity contribution in [1.82, 2.24) is 10.3 Å². The van der Waals surface area contributed by atoms with E-state index in [0.29, 0.717) is 23.1 Å². The molecule has 0 radical (unpaired) electrons. The minimum atomic E-state index is -0.621. The van der Waals surface area contributed by atoms with Crippen LogP contribution in [0.5, 0.6) is 0 Å². The van der Waals surface area contributed by atoms with Gasteiger partial charge in [0.1, 0.15) is 22.4 Å². The lowest BCUT2D eigenvalue weighted by atomic mass is 10.0. The van der Waals surface area contributed by atoms with Crippen LogP contribution in [-0.2, 0) is 5.54 Å². The highest BCUT2D eigenvalue weighted by molar-refractivity contribution is 8.17. The van der Waals surface area contributed by atoms with Crippen LogP contribution in [0.1, 0.15) is 42.9 Å². The van der Waals surface area contributed by atoms with Gasteiger partial charge >= 0.3 is 0 Å². The summed E-state index contributed by atoms with van der Waals surface area (Å²) in [4.78, 5) is 31.4. The summed E-state index contributed by atoms with van der Waals surface area (Å²) in [6.45, 7) is 11.8. The number of thioether (sulfide) groups is 3. The summed E-state index contributed by atoms with van der Waals surface area (Å²) < 4.78 is 5.85. The first kappa shape index (κ1) is 21.7. The van der Waals surface area contributed by atoms with Crippen LogP contribution in [0.25, 0.3) is 0 Å². The zero-order valence-corrected chi connectivity index (χ0v) is 20.2. The van der Waals surface area contributed by atoms with Crippen LogP contribution >= 0.6 is 35.3 Å². The lowest BCUT2D eigenvalue weighted by Gasteiger charge is -2.21. The normalized spacial score (nSPS) is 33.3.